The first kappa shape index (κ1) is 12.5. The molecule has 0 amide bonds. The summed E-state index contributed by atoms with van der Waals surface area (Å²) in [4.78, 5) is 13.7. The van der Waals surface area contributed by atoms with Gasteiger partial charge in [0, 0.05) is 0 Å². The molecule has 0 fully saturated rings. The van der Waals surface area contributed by atoms with Crippen LogP contribution in [0.1, 0.15) is 36.5 Å². The average molecular weight is 219 g/mol. The SMILES string of the molecule is COc1cc(C)c(CN=C=O)cc1C(C)C. The maximum absolute atomic E-state index is 10.1. The first-order valence-corrected chi connectivity index (χ1v) is 5.31. The molecule has 3 heteroatoms. The number of nitrogens with zero attached hydrogens (tertiary/aromatic N) is 1. The van der Waals surface area contributed by atoms with Gasteiger partial charge >= 0.3 is 0 Å². The van der Waals surface area contributed by atoms with E-state index in [-0.39, 0.29) is 0 Å². The molecule has 0 aliphatic carbocycles. The van der Waals surface area contributed by atoms with Gasteiger partial charge in [-0.15, -0.1) is 0 Å². The van der Waals surface area contributed by atoms with Gasteiger partial charge in [0.15, 0.2) is 0 Å². The standard InChI is InChI=1S/C13H17NO2/c1-9(2)12-6-11(7-14-8-15)10(3)5-13(12)16-4/h5-6,9H,7H2,1-4H3. The third-order valence-electron chi connectivity index (χ3n) is 2.62. The van der Waals surface area contributed by atoms with Gasteiger partial charge in [0.2, 0.25) is 6.08 Å². The molecular formula is C13H17NO2. The van der Waals surface area contributed by atoms with Crippen LogP contribution in [0.5, 0.6) is 5.75 Å². The summed E-state index contributed by atoms with van der Waals surface area (Å²) in [6.07, 6.45) is 1.56. The molecule has 0 N–H and O–H groups in total. The lowest BCUT2D eigenvalue weighted by Crippen LogP contribution is -1.98. The summed E-state index contributed by atoms with van der Waals surface area (Å²) in [5.41, 5.74) is 3.28. The van der Waals surface area contributed by atoms with E-state index in [0.717, 1.165) is 22.4 Å². The molecule has 1 aromatic carbocycles. The minimum absolute atomic E-state index is 0.384. The Kier molecular flexibility index (Phi) is 4.27. The summed E-state index contributed by atoms with van der Waals surface area (Å²) >= 11 is 0. The Bertz CT molecular complexity index is 418. The smallest absolute Gasteiger partial charge is 0.235 e. The molecule has 1 rings (SSSR count). The van der Waals surface area contributed by atoms with Gasteiger partial charge in [-0.3, -0.25) is 0 Å². The topological polar surface area (TPSA) is 38.7 Å². The molecule has 0 aliphatic heterocycles. The fourth-order valence-corrected chi connectivity index (χ4v) is 1.66. The van der Waals surface area contributed by atoms with Crippen LogP contribution in [0.2, 0.25) is 0 Å². The molecule has 0 atom stereocenters. The highest BCUT2D eigenvalue weighted by Gasteiger charge is 2.10. The average Bonchev–Trinajstić information content (AvgIpc) is 2.26. The van der Waals surface area contributed by atoms with Crippen molar-refractivity contribution in [2.75, 3.05) is 7.11 Å². The van der Waals surface area contributed by atoms with E-state index in [0.29, 0.717) is 12.5 Å². The van der Waals surface area contributed by atoms with E-state index in [1.54, 1.807) is 13.2 Å². The lowest BCUT2D eigenvalue weighted by Gasteiger charge is -2.15. The predicted molar refractivity (Wildman–Crippen MR) is 63.6 cm³/mol. The first-order valence-electron chi connectivity index (χ1n) is 5.31. The van der Waals surface area contributed by atoms with E-state index in [1.165, 1.54) is 0 Å². The van der Waals surface area contributed by atoms with Gasteiger partial charge < -0.3 is 4.74 Å². The fraction of sp³-hybridized carbons (Fsp3) is 0.462. The normalized spacial score (nSPS) is 10.1. The Morgan fingerprint density at radius 3 is 2.62 bits per heavy atom. The van der Waals surface area contributed by atoms with E-state index in [1.807, 2.05) is 13.0 Å². The molecule has 0 radical (unpaired) electrons. The Morgan fingerprint density at radius 2 is 2.12 bits per heavy atom. The monoisotopic (exact) mass is 219 g/mol. The van der Waals surface area contributed by atoms with Crippen molar-refractivity contribution >= 4 is 6.08 Å². The summed E-state index contributed by atoms with van der Waals surface area (Å²) in [5, 5.41) is 0. The van der Waals surface area contributed by atoms with Crippen molar-refractivity contribution in [1.29, 1.82) is 0 Å². The molecule has 0 bridgehead atoms. The summed E-state index contributed by atoms with van der Waals surface area (Å²) in [6.45, 7) is 6.60. The fourth-order valence-electron chi connectivity index (χ4n) is 1.66. The third-order valence-corrected chi connectivity index (χ3v) is 2.62. The molecule has 0 unspecified atom stereocenters. The van der Waals surface area contributed by atoms with Crippen LogP contribution < -0.4 is 4.74 Å². The molecule has 0 aromatic heterocycles. The van der Waals surface area contributed by atoms with Crippen molar-refractivity contribution in [2.45, 2.75) is 33.2 Å². The van der Waals surface area contributed by atoms with E-state index in [2.05, 4.69) is 24.9 Å². The number of hydrogen-bond acceptors (Lipinski definition) is 3. The van der Waals surface area contributed by atoms with Crippen molar-refractivity contribution in [2.24, 2.45) is 4.99 Å². The lowest BCUT2D eigenvalue weighted by molar-refractivity contribution is 0.407. The molecule has 1 aromatic rings. The van der Waals surface area contributed by atoms with Gasteiger partial charge in [-0.25, -0.2) is 9.79 Å². The van der Waals surface area contributed by atoms with Crippen molar-refractivity contribution < 1.29 is 9.53 Å². The highest BCUT2D eigenvalue weighted by Crippen LogP contribution is 2.29. The van der Waals surface area contributed by atoms with E-state index in [4.69, 9.17) is 4.74 Å². The van der Waals surface area contributed by atoms with Crippen LogP contribution in [-0.4, -0.2) is 13.2 Å². The summed E-state index contributed by atoms with van der Waals surface area (Å²) in [6, 6.07) is 4.05. The number of aliphatic imine (C=N–C) groups is 1. The summed E-state index contributed by atoms with van der Waals surface area (Å²) < 4.78 is 5.34. The lowest BCUT2D eigenvalue weighted by atomic mass is 9.96. The van der Waals surface area contributed by atoms with Crippen molar-refractivity contribution in [3.8, 4) is 5.75 Å². The minimum Gasteiger partial charge on any atom is -0.496 e. The zero-order valence-electron chi connectivity index (χ0n) is 10.2. The Morgan fingerprint density at radius 1 is 1.44 bits per heavy atom. The van der Waals surface area contributed by atoms with Crippen LogP contribution in [0.15, 0.2) is 17.1 Å². The number of methoxy groups -OCH3 is 1. The summed E-state index contributed by atoms with van der Waals surface area (Å²) in [7, 11) is 1.67. The van der Waals surface area contributed by atoms with Gasteiger partial charge in [-0.05, 0) is 41.7 Å². The van der Waals surface area contributed by atoms with E-state index in [9.17, 15) is 4.79 Å². The van der Waals surface area contributed by atoms with E-state index < -0.39 is 0 Å². The molecule has 0 spiro atoms. The number of ether oxygens (including phenoxy) is 1. The van der Waals surface area contributed by atoms with Crippen LogP contribution in [0.4, 0.5) is 0 Å². The second-order valence-corrected chi connectivity index (χ2v) is 4.08. The van der Waals surface area contributed by atoms with Crippen LogP contribution in [-0.2, 0) is 11.3 Å². The second kappa shape index (κ2) is 5.47. The molecule has 0 aliphatic rings. The van der Waals surface area contributed by atoms with Gasteiger partial charge in [-0.1, -0.05) is 13.8 Å². The van der Waals surface area contributed by atoms with Crippen LogP contribution in [0.25, 0.3) is 0 Å². The van der Waals surface area contributed by atoms with Crippen LogP contribution in [0, 0.1) is 6.92 Å². The number of carbonyl (C=O) groups excluding carboxylic acids is 1. The molecule has 86 valence electrons. The molecule has 16 heavy (non-hydrogen) atoms. The van der Waals surface area contributed by atoms with Crippen LogP contribution in [0.3, 0.4) is 0 Å². The minimum atomic E-state index is 0.384. The number of rotatable bonds is 4. The first-order chi connectivity index (χ1) is 7.60. The van der Waals surface area contributed by atoms with Crippen molar-refractivity contribution in [1.82, 2.24) is 0 Å². The Labute approximate surface area is 96.2 Å². The van der Waals surface area contributed by atoms with E-state index >= 15 is 0 Å². The molecule has 0 saturated carbocycles. The van der Waals surface area contributed by atoms with Crippen molar-refractivity contribution in [3.05, 3.63) is 28.8 Å². The number of hydrogen-bond donors (Lipinski definition) is 0. The zero-order valence-corrected chi connectivity index (χ0v) is 10.2. The maximum Gasteiger partial charge on any atom is 0.235 e. The predicted octanol–water partition coefficient (Wildman–Crippen LogP) is 2.96. The van der Waals surface area contributed by atoms with Gasteiger partial charge in [0.25, 0.3) is 0 Å². The van der Waals surface area contributed by atoms with Crippen LogP contribution >= 0.6 is 0 Å². The number of isocyanates is 1. The van der Waals surface area contributed by atoms with Gasteiger partial charge in [0.1, 0.15) is 5.75 Å². The highest BCUT2D eigenvalue weighted by molar-refractivity contribution is 5.44. The van der Waals surface area contributed by atoms with Gasteiger partial charge in [0.05, 0.1) is 13.7 Å². The number of aryl methyl sites for hydroxylation is 1. The largest absolute Gasteiger partial charge is 0.496 e. The van der Waals surface area contributed by atoms with Gasteiger partial charge in [-0.2, -0.15) is 0 Å². The number of benzene rings is 1. The molecule has 0 heterocycles. The Balaban J connectivity index is 3.21. The Hall–Kier alpha value is -1.60. The second-order valence-electron chi connectivity index (χ2n) is 4.08. The zero-order chi connectivity index (χ0) is 12.1. The quantitative estimate of drug-likeness (QED) is 0.577. The molecule has 0 saturated heterocycles. The third kappa shape index (κ3) is 2.71. The highest BCUT2D eigenvalue weighted by atomic mass is 16.5. The maximum atomic E-state index is 10.1. The molecule has 3 nitrogen and oxygen atoms in total. The van der Waals surface area contributed by atoms with Crippen molar-refractivity contribution in [3.63, 3.8) is 0 Å². The molecular weight excluding hydrogens is 202 g/mol. The summed E-state index contributed by atoms with van der Waals surface area (Å²) in [5.74, 6) is 1.28.